The standard InChI is InChI=1S/C13H14N4O2/c18-13(15-7-12-16-8-19-17-12)10-5-6-14-11-4-2-1-3-9(10)11/h1-4,8,10,14H,5-7H2,(H,15,18). The molecule has 0 saturated heterocycles. The lowest BCUT2D eigenvalue weighted by molar-refractivity contribution is -0.122. The number of para-hydroxylation sites is 1. The minimum absolute atomic E-state index is 0.00116. The van der Waals surface area contributed by atoms with Crippen molar-refractivity contribution in [3.05, 3.63) is 42.0 Å². The van der Waals surface area contributed by atoms with E-state index in [1.165, 1.54) is 6.39 Å². The molecule has 1 aromatic carbocycles. The fourth-order valence-corrected chi connectivity index (χ4v) is 2.30. The number of anilines is 1. The minimum atomic E-state index is -0.121. The molecule has 0 spiro atoms. The lowest BCUT2D eigenvalue weighted by atomic mass is 9.90. The SMILES string of the molecule is O=C(NCc1ncon1)C1CCNc2ccccc21. The van der Waals surface area contributed by atoms with E-state index in [4.69, 9.17) is 0 Å². The Morgan fingerprint density at radius 2 is 2.37 bits per heavy atom. The van der Waals surface area contributed by atoms with Crippen molar-refractivity contribution in [1.29, 1.82) is 0 Å². The summed E-state index contributed by atoms with van der Waals surface area (Å²) in [6.45, 7) is 1.10. The zero-order valence-corrected chi connectivity index (χ0v) is 10.3. The van der Waals surface area contributed by atoms with E-state index in [-0.39, 0.29) is 11.8 Å². The summed E-state index contributed by atoms with van der Waals surface area (Å²) >= 11 is 0. The number of benzene rings is 1. The highest BCUT2D eigenvalue weighted by Crippen LogP contribution is 2.31. The van der Waals surface area contributed by atoms with E-state index >= 15 is 0 Å². The summed E-state index contributed by atoms with van der Waals surface area (Å²) in [4.78, 5) is 16.1. The summed E-state index contributed by atoms with van der Waals surface area (Å²) in [6, 6.07) is 7.89. The lowest BCUT2D eigenvalue weighted by Crippen LogP contribution is -2.32. The van der Waals surface area contributed by atoms with Gasteiger partial charge in [-0.15, -0.1) is 0 Å². The first-order valence-corrected chi connectivity index (χ1v) is 6.20. The van der Waals surface area contributed by atoms with E-state index in [9.17, 15) is 4.79 Å². The number of carbonyl (C=O) groups excluding carboxylic acids is 1. The summed E-state index contributed by atoms with van der Waals surface area (Å²) < 4.78 is 4.63. The Hall–Kier alpha value is -2.37. The third-order valence-electron chi connectivity index (χ3n) is 3.23. The molecule has 0 radical (unpaired) electrons. The van der Waals surface area contributed by atoms with Gasteiger partial charge in [0.2, 0.25) is 12.3 Å². The number of carbonyl (C=O) groups is 1. The number of aromatic nitrogens is 2. The zero-order chi connectivity index (χ0) is 13.1. The van der Waals surface area contributed by atoms with E-state index < -0.39 is 0 Å². The predicted molar refractivity (Wildman–Crippen MR) is 68.4 cm³/mol. The molecule has 1 unspecified atom stereocenters. The molecule has 2 aromatic rings. The summed E-state index contributed by atoms with van der Waals surface area (Å²) in [6.07, 6.45) is 2.04. The van der Waals surface area contributed by atoms with Crippen molar-refractivity contribution in [3.63, 3.8) is 0 Å². The maximum atomic E-state index is 12.2. The fraction of sp³-hybridized carbons (Fsp3) is 0.308. The Morgan fingerprint density at radius 3 is 3.21 bits per heavy atom. The summed E-state index contributed by atoms with van der Waals surface area (Å²) in [5.74, 6) is 0.360. The Bertz CT molecular complexity index is 568. The zero-order valence-electron chi connectivity index (χ0n) is 10.3. The first-order chi connectivity index (χ1) is 9.34. The topological polar surface area (TPSA) is 80.1 Å². The van der Waals surface area contributed by atoms with Crippen LogP contribution in [0, 0.1) is 0 Å². The minimum Gasteiger partial charge on any atom is -0.385 e. The molecule has 98 valence electrons. The number of nitrogens with zero attached hydrogens (tertiary/aromatic N) is 2. The highest BCUT2D eigenvalue weighted by atomic mass is 16.5. The third kappa shape index (κ3) is 2.42. The van der Waals surface area contributed by atoms with Gasteiger partial charge in [0.25, 0.3) is 0 Å². The average molecular weight is 258 g/mol. The molecule has 0 saturated carbocycles. The number of nitrogens with one attached hydrogen (secondary N) is 2. The number of amides is 1. The van der Waals surface area contributed by atoms with Crippen LogP contribution in [-0.2, 0) is 11.3 Å². The first kappa shape index (κ1) is 11.7. The van der Waals surface area contributed by atoms with E-state index in [0.29, 0.717) is 12.4 Å². The molecule has 0 aliphatic carbocycles. The van der Waals surface area contributed by atoms with Gasteiger partial charge in [0.15, 0.2) is 5.82 Å². The van der Waals surface area contributed by atoms with Crippen LogP contribution in [0.5, 0.6) is 0 Å². The van der Waals surface area contributed by atoms with Crippen LogP contribution in [0.1, 0.15) is 23.7 Å². The van der Waals surface area contributed by atoms with E-state index in [1.807, 2.05) is 24.3 Å². The van der Waals surface area contributed by atoms with Gasteiger partial charge in [-0.05, 0) is 18.1 Å². The largest absolute Gasteiger partial charge is 0.385 e. The van der Waals surface area contributed by atoms with Crippen LogP contribution in [0.4, 0.5) is 5.69 Å². The first-order valence-electron chi connectivity index (χ1n) is 6.20. The van der Waals surface area contributed by atoms with Crippen molar-refractivity contribution in [1.82, 2.24) is 15.5 Å². The molecule has 19 heavy (non-hydrogen) atoms. The van der Waals surface area contributed by atoms with E-state index in [0.717, 1.165) is 24.2 Å². The maximum Gasteiger partial charge on any atom is 0.228 e. The highest BCUT2D eigenvalue weighted by Gasteiger charge is 2.25. The fourth-order valence-electron chi connectivity index (χ4n) is 2.30. The predicted octanol–water partition coefficient (Wildman–Crippen LogP) is 1.29. The molecule has 1 atom stereocenters. The van der Waals surface area contributed by atoms with Gasteiger partial charge >= 0.3 is 0 Å². The van der Waals surface area contributed by atoms with Crippen LogP contribution >= 0.6 is 0 Å². The Kier molecular flexibility index (Phi) is 3.14. The van der Waals surface area contributed by atoms with Gasteiger partial charge in [-0.2, -0.15) is 4.98 Å². The van der Waals surface area contributed by atoms with Crippen molar-refractivity contribution in [2.24, 2.45) is 0 Å². The van der Waals surface area contributed by atoms with E-state index in [2.05, 4.69) is 25.3 Å². The Labute approximate surface area is 110 Å². The summed E-state index contributed by atoms with van der Waals surface area (Å²) in [5, 5.41) is 9.81. The monoisotopic (exact) mass is 258 g/mol. The van der Waals surface area contributed by atoms with Crippen LogP contribution in [0.25, 0.3) is 0 Å². The van der Waals surface area contributed by atoms with Gasteiger partial charge in [-0.3, -0.25) is 4.79 Å². The second kappa shape index (κ2) is 5.09. The number of fused-ring (bicyclic) bond motifs is 1. The lowest BCUT2D eigenvalue weighted by Gasteiger charge is -2.25. The van der Waals surface area contributed by atoms with Gasteiger partial charge in [-0.1, -0.05) is 23.4 Å². The van der Waals surface area contributed by atoms with Crippen molar-refractivity contribution in [2.75, 3.05) is 11.9 Å². The Morgan fingerprint density at radius 1 is 1.47 bits per heavy atom. The summed E-state index contributed by atoms with van der Waals surface area (Å²) in [7, 11) is 0. The smallest absolute Gasteiger partial charge is 0.228 e. The van der Waals surface area contributed by atoms with Gasteiger partial charge in [-0.25, -0.2) is 0 Å². The quantitative estimate of drug-likeness (QED) is 0.867. The van der Waals surface area contributed by atoms with Gasteiger partial charge in [0.05, 0.1) is 12.5 Å². The molecule has 0 fully saturated rings. The molecule has 2 N–H and O–H groups in total. The molecule has 1 aliphatic heterocycles. The third-order valence-corrected chi connectivity index (χ3v) is 3.23. The van der Waals surface area contributed by atoms with Crippen LogP contribution in [0.15, 0.2) is 35.2 Å². The molecule has 1 amide bonds. The molecule has 1 aromatic heterocycles. The average Bonchev–Trinajstić information content (AvgIpc) is 2.97. The van der Waals surface area contributed by atoms with Gasteiger partial charge in [0, 0.05) is 12.2 Å². The Balaban J connectivity index is 1.71. The van der Waals surface area contributed by atoms with Crippen LogP contribution < -0.4 is 10.6 Å². The van der Waals surface area contributed by atoms with E-state index in [1.54, 1.807) is 0 Å². The highest BCUT2D eigenvalue weighted by molar-refractivity contribution is 5.86. The van der Waals surface area contributed by atoms with Crippen LogP contribution in [-0.4, -0.2) is 22.6 Å². The molecule has 6 heteroatoms. The second-order valence-electron chi connectivity index (χ2n) is 4.42. The maximum absolute atomic E-state index is 12.2. The molecule has 1 aliphatic rings. The van der Waals surface area contributed by atoms with Gasteiger partial charge in [0.1, 0.15) is 0 Å². The van der Waals surface area contributed by atoms with Crippen molar-refractivity contribution in [2.45, 2.75) is 18.9 Å². The number of hydrogen-bond acceptors (Lipinski definition) is 5. The summed E-state index contributed by atoms with van der Waals surface area (Å²) in [5.41, 5.74) is 2.08. The number of rotatable bonds is 3. The van der Waals surface area contributed by atoms with Crippen molar-refractivity contribution >= 4 is 11.6 Å². The second-order valence-corrected chi connectivity index (χ2v) is 4.42. The van der Waals surface area contributed by atoms with Crippen molar-refractivity contribution in [3.8, 4) is 0 Å². The molecule has 3 rings (SSSR count). The molecule has 0 bridgehead atoms. The van der Waals surface area contributed by atoms with Crippen LogP contribution in [0.3, 0.4) is 0 Å². The normalized spacial score (nSPS) is 17.4. The number of hydrogen-bond donors (Lipinski definition) is 2. The molecular weight excluding hydrogens is 244 g/mol. The van der Waals surface area contributed by atoms with Crippen molar-refractivity contribution < 1.29 is 9.32 Å². The molecule has 2 heterocycles. The molecular formula is C13H14N4O2. The van der Waals surface area contributed by atoms with Crippen LogP contribution in [0.2, 0.25) is 0 Å². The van der Waals surface area contributed by atoms with Gasteiger partial charge < -0.3 is 15.2 Å². The molecule has 6 nitrogen and oxygen atoms in total.